The molecule has 16 heavy (non-hydrogen) atoms. The van der Waals surface area contributed by atoms with Gasteiger partial charge in [0.25, 0.3) is 5.91 Å². The lowest BCUT2D eigenvalue weighted by molar-refractivity contribution is -0.387. The molecule has 0 unspecified atom stereocenters. The summed E-state index contributed by atoms with van der Waals surface area (Å²) in [4.78, 5) is 22.4. The van der Waals surface area contributed by atoms with Gasteiger partial charge >= 0.3 is 5.69 Å². The molecule has 0 fully saturated rings. The van der Waals surface area contributed by atoms with E-state index in [9.17, 15) is 19.3 Å². The van der Waals surface area contributed by atoms with Crippen LogP contribution in [-0.4, -0.2) is 29.8 Å². The van der Waals surface area contributed by atoms with Gasteiger partial charge in [-0.25, -0.2) is 0 Å². The molecule has 0 saturated carbocycles. The van der Waals surface area contributed by atoms with Crippen LogP contribution >= 0.6 is 15.9 Å². The maximum atomic E-state index is 13.6. The molecule has 0 aromatic heterocycles. The summed E-state index contributed by atoms with van der Waals surface area (Å²) in [6.45, 7) is 0. The first-order valence-electron chi connectivity index (χ1n) is 4.19. The van der Waals surface area contributed by atoms with Crippen molar-refractivity contribution in [2.75, 3.05) is 14.1 Å². The standard InChI is InChI=1S/C9H8BrFN2O3/c1-12(2)9(14)6-3-5(10)4-7(8(6)11)13(15)16/h3-4H,1-2H3. The summed E-state index contributed by atoms with van der Waals surface area (Å²) in [6.07, 6.45) is 0. The van der Waals surface area contributed by atoms with E-state index in [1.807, 2.05) is 0 Å². The first-order chi connectivity index (χ1) is 7.34. The number of rotatable bonds is 2. The maximum absolute atomic E-state index is 13.6. The van der Waals surface area contributed by atoms with Gasteiger partial charge in [-0.1, -0.05) is 15.9 Å². The summed E-state index contributed by atoms with van der Waals surface area (Å²) < 4.78 is 13.9. The molecule has 1 amide bonds. The number of halogens is 2. The molecule has 1 rings (SSSR count). The summed E-state index contributed by atoms with van der Waals surface area (Å²) in [7, 11) is 2.88. The minimum atomic E-state index is -1.12. The molecule has 0 aliphatic rings. The molecule has 0 heterocycles. The number of carbonyl (C=O) groups is 1. The summed E-state index contributed by atoms with van der Waals surface area (Å²) in [5.41, 5.74) is -1.05. The van der Waals surface area contributed by atoms with Crippen LogP contribution < -0.4 is 0 Å². The van der Waals surface area contributed by atoms with Gasteiger partial charge in [-0.05, 0) is 6.07 Å². The van der Waals surface area contributed by atoms with Crippen molar-refractivity contribution in [3.63, 3.8) is 0 Å². The number of hydrogen-bond acceptors (Lipinski definition) is 3. The number of nitro benzene ring substituents is 1. The predicted octanol–water partition coefficient (Wildman–Crippen LogP) is 2.20. The molecule has 7 heteroatoms. The van der Waals surface area contributed by atoms with Crippen molar-refractivity contribution in [3.8, 4) is 0 Å². The summed E-state index contributed by atoms with van der Waals surface area (Å²) in [5, 5.41) is 10.5. The SMILES string of the molecule is CN(C)C(=O)c1cc(Br)cc([N+](=O)[O-])c1F. The number of nitro groups is 1. The van der Waals surface area contributed by atoms with Crippen molar-refractivity contribution in [2.24, 2.45) is 0 Å². The Kier molecular flexibility index (Phi) is 3.58. The number of benzene rings is 1. The number of amides is 1. The molecule has 0 radical (unpaired) electrons. The van der Waals surface area contributed by atoms with E-state index in [4.69, 9.17) is 0 Å². The molecule has 5 nitrogen and oxygen atoms in total. The molecule has 0 aliphatic heterocycles. The number of carbonyl (C=O) groups excluding carboxylic acids is 1. The van der Waals surface area contributed by atoms with Gasteiger partial charge in [-0.2, -0.15) is 4.39 Å². The van der Waals surface area contributed by atoms with Gasteiger partial charge < -0.3 is 4.90 Å². The minimum absolute atomic E-state index is 0.283. The van der Waals surface area contributed by atoms with Crippen LogP contribution in [-0.2, 0) is 0 Å². The Morgan fingerprint density at radius 1 is 1.50 bits per heavy atom. The highest BCUT2D eigenvalue weighted by Crippen LogP contribution is 2.26. The van der Waals surface area contributed by atoms with Crippen LogP contribution in [0.15, 0.2) is 16.6 Å². The van der Waals surface area contributed by atoms with E-state index >= 15 is 0 Å². The fourth-order valence-electron chi connectivity index (χ4n) is 1.10. The lowest BCUT2D eigenvalue weighted by Crippen LogP contribution is -2.23. The quantitative estimate of drug-likeness (QED) is 0.620. The molecule has 0 aliphatic carbocycles. The highest BCUT2D eigenvalue weighted by molar-refractivity contribution is 9.10. The topological polar surface area (TPSA) is 63.5 Å². The van der Waals surface area contributed by atoms with Gasteiger partial charge in [-0.15, -0.1) is 0 Å². The van der Waals surface area contributed by atoms with Crippen molar-refractivity contribution in [2.45, 2.75) is 0 Å². The molecule has 1 aromatic carbocycles. The van der Waals surface area contributed by atoms with E-state index in [1.165, 1.54) is 20.2 Å². The normalized spacial score (nSPS) is 10.0. The fraction of sp³-hybridized carbons (Fsp3) is 0.222. The summed E-state index contributed by atoms with van der Waals surface area (Å²) >= 11 is 2.99. The van der Waals surface area contributed by atoms with Gasteiger partial charge in [0.2, 0.25) is 5.82 Å². The van der Waals surface area contributed by atoms with Gasteiger partial charge in [0.05, 0.1) is 10.5 Å². The Balaban J connectivity index is 3.41. The molecule has 0 spiro atoms. The van der Waals surface area contributed by atoms with E-state index in [0.717, 1.165) is 11.0 Å². The van der Waals surface area contributed by atoms with Crippen molar-refractivity contribution >= 4 is 27.5 Å². The van der Waals surface area contributed by atoms with E-state index in [2.05, 4.69) is 15.9 Å². The van der Waals surface area contributed by atoms with Crippen molar-refractivity contribution in [1.29, 1.82) is 0 Å². The van der Waals surface area contributed by atoms with Crippen LogP contribution in [0.3, 0.4) is 0 Å². The van der Waals surface area contributed by atoms with Gasteiger partial charge in [0.1, 0.15) is 0 Å². The molecule has 0 bridgehead atoms. The average molecular weight is 291 g/mol. The van der Waals surface area contributed by atoms with E-state index in [-0.39, 0.29) is 10.0 Å². The second kappa shape index (κ2) is 4.56. The molecule has 0 N–H and O–H groups in total. The minimum Gasteiger partial charge on any atom is -0.345 e. The van der Waals surface area contributed by atoms with Crippen molar-refractivity contribution < 1.29 is 14.1 Å². The highest BCUT2D eigenvalue weighted by Gasteiger charge is 2.24. The molecular weight excluding hydrogens is 283 g/mol. The molecule has 1 aromatic rings. The average Bonchev–Trinajstić information content (AvgIpc) is 2.19. The van der Waals surface area contributed by atoms with Gasteiger partial charge in [0.15, 0.2) is 0 Å². The first-order valence-corrected chi connectivity index (χ1v) is 4.99. The highest BCUT2D eigenvalue weighted by atomic mass is 79.9. The molecule has 0 atom stereocenters. The van der Waals surface area contributed by atoms with Crippen LogP contribution in [0.4, 0.5) is 10.1 Å². The zero-order chi connectivity index (χ0) is 12.5. The summed E-state index contributed by atoms with van der Waals surface area (Å²) in [6, 6.07) is 2.23. The number of nitrogens with zero attached hydrogens (tertiary/aromatic N) is 2. The predicted molar refractivity (Wildman–Crippen MR) is 58.8 cm³/mol. The van der Waals surface area contributed by atoms with Crippen LogP contribution in [0, 0.1) is 15.9 Å². The van der Waals surface area contributed by atoms with Crippen molar-refractivity contribution in [1.82, 2.24) is 4.90 Å². The van der Waals surface area contributed by atoms with Crippen LogP contribution in [0.1, 0.15) is 10.4 Å². The largest absolute Gasteiger partial charge is 0.345 e. The van der Waals surface area contributed by atoms with Crippen LogP contribution in [0.25, 0.3) is 0 Å². The molecule has 0 saturated heterocycles. The first kappa shape index (κ1) is 12.6. The van der Waals surface area contributed by atoms with Crippen molar-refractivity contribution in [3.05, 3.63) is 38.1 Å². The maximum Gasteiger partial charge on any atom is 0.306 e. The summed E-state index contributed by atoms with van der Waals surface area (Å²) in [5.74, 6) is -1.74. The monoisotopic (exact) mass is 290 g/mol. The Morgan fingerprint density at radius 3 is 2.50 bits per heavy atom. The van der Waals surface area contributed by atoms with E-state index < -0.39 is 22.3 Å². The Labute approximate surface area is 99.1 Å². The zero-order valence-corrected chi connectivity index (χ0v) is 10.1. The zero-order valence-electron chi connectivity index (χ0n) is 8.53. The van der Waals surface area contributed by atoms with Crippen LogP contribution in [0.5, 0.6) is 0 Å². The second-order valence-corrected chi connectivity index (χ2v) is 4.16. The third kappa shape index (κ3) is 2.35. The third-order valence-electron chi connectivity index (χ3n) is 1.85. The fourth-order valence-corrected chi connectivity index (χ4v) is 1.55. The Morgan fingerprint density at radius 2 is 2.06 bits per heavy atom. The second-order valence-electron chi connectivity index (χ2n) is 3.24. The van der Waals surface area contributed by atoms with Gasteiger partial charge in [-0.3, -0.25) is 14.9 Å². The smallest absolute Gasteiger partial charge is 0.306 e. The van der Waals surface area contributed by atoms with E-state index in [1.54, 1.807) is 0 Å². The van der Waals surface area contributed by atoms with Gasteiger partial charge in [0, 0.05) is 24.6 Å². The third-order valence-corrected chi connectivity index (χ3v) is 2.31. The lowest BCUT2D eigenvalue weighted by atomic mass is 10.1. The van der Waals surface area contributed by atoms with Crippen LogP contribution in [0.2, 0.25) is 0 Å². The Bertz CT molecular complexity index is 462. The number of hydrogen-bond donors (Lipinski definition) is 0. The lowest BCUT2D eigenvalue weighted by Gasteiger charge is -2.11. The molecular formula is C9H8BrFN2O3. The van der Waals surface area contributed by atoms with E-state index in [0.29, 0.717) is 0 Å². The molecule has 86 valence electrons. The Hall–Kier alpha value is -1.50.